The van der Waals surface area contributed by atoms with Crippen LogP contribution in [0.3, 0.4) is 0 Å². The molecule has 0 aromatic rings. The molecule has 0 radical (unpaired) electrons. The van der Waals surface area contributed by atoms with E-state index in [0.29, 0.717) is 0 Å². The molecule has 2 atom stereocenters. The average Bonchev–Trinajstić information content (AvgIpc) is 1.98. The fraction of sp³-hybridized carbons (Fsp3) is 0.833. The molecule has 5 nitrogen and oxygen atoms in total. The smallest absolute Gasteiger partial charge is 0.334 e. The molecule has 0 bridgehead atoms. The SMILES string of the molecule is CC(O)N(OC(=O)CS)C(C)O. The Hall–Kier alpha value is -0.300. The van der Waals surface area contributed by atoms with Crippen LogP contribution in [0.1, 0.15) is 13.8 Å². The van der Waals surface area contributed by atoms with E-state index in [4.69, 9.17) is 10.2 Å². The second kappa shape index (κ2) is 5.36. The Morgan fingerprint density at radius 1 is 1.50 bits per heavy atom. The van der Waals surface area contributed by atoms with Gasteiger partial charge in [0.05, 0.1) is 5.75 Å². The fourth-order valence-corrected chi connectivity index (χ4v) is 0.669. The number of thiol groups is 1. The lowest BCUT2D eigenvalue weighted by Crippen LogP contribution is -2.41. The number of hydrogen-bond donors (Lipinski definition) is 3. The summed E-state index contributed by atoms with van der Waals surface area (Å²) in [6.45, 7) is 2.75. The molecule has 0 heterocycles. The Labute approximate surface area is 76.3 Å². The molecule has 0 spiro atoms. The second-order valence-corrected chi connectivity index (χ2v) is 2.56. The van der Waals surface area contributed by atoms with Crippen LogP contribution in [0, 0.1) is 0 Å². The molecule has 2 unspecified atom stereocenters. The molecule has 0 amide bonds. The molecule has 0 aromatic carbocycles. The number of carbonyl (C=O) groups is 1. The summed E-state index contributed by atoms with van der Waals surface area (Å²) in [7, 11) is 0. The van der Waals surface area contributed by atoms with Crippen molar-refractivity contribution in [1.29, 1.82) is 0 Å². The van der Waals surface area contributed by atoms with Gasteiger partial charge in [-0.3, -0.25) is 0 Å². The van der Waals surface area contributed by atoms with Gasteiger partial charge < -0.3 is 15.1 Å². The highest BCUT2D eigenvalue weighted by Gasteiger charge is 2.20. The van der Waals surface area contributed by atoms with Gasteiger partial charge in [-0.05, 0) is 13.8 Å². The summed E-state index contributed by atoms with van der Waals surface area (Å²) in [6, 6.07) is 0. The molecule has 0 aromatic heterocycles. The molecule has 0 aliphatic rings. The molecule has 0 rings (SSSR count). The van der Waals surface area contributed by atoms with Crippen molar-refractivity contribution in [2.24, 2.45) is 0 Å². The summed E-state index contributed by atoms with van der Waals surface area (Å²) in [5.41, 5.74) is 0. The summed E-state index contributed by atoms with van der Waals surface area (Å²) < 4.78 is 0. The normalized spacial score (nSPS) is 15.8. The first kappa shape index (κ1) is 11.7. The highest BCUT2D eigenvalue weighted by atomic mass is 32.1. The highest BCUT2D eigenvalue weighted by molar-refractivity contribution is 7.81. The lowest BCUT2D eigenvalue weighted by molar-refractivity contribution is -0.274. The first-order valence-electron chi connectivity index (χ1n) is 3.45. The van der Waals surface area contributed by atoms with Gasteiger partial charge in [-0.1, -0.05) is 5.06 Å². The molecule has 0 fully saturated rings. The number of hydrogen-bond acceptors (Lipinski definition) is 6. The number of carbonyl (C=O) groups excluding carboxylic acids is 1. The van der Waals surface area contributed by atoms with E-state index in [-0.39, 0.29) is 5.75 Å². The summed E-state index contributed by atoms with van der Waals surface area (Å²) in [5.74, 6) is -0.726. The Bertz CT molecular complexity index is 142. The fourth-order valence-electron chi connectivity index (χ4n) is 0.611. The minimum absolute atomic E-state index is 0.101. The Kier molecular flexibility index (Phi) is 5.23. The third kappa shape index (κ3) is 3.91. The maximum Gasteiger partial charge on any atom is 0.334 e. The number of aliphatic hydroxyl groups is 2. The zero-order valence-corrected chi connectivity index (χ0v) is 7.86. The summed E-state index contributed by atoms with van der Waals surface area (Å²) in [4.78, 5) is 15.2. The molecule has 72 valence electrons. The molecule has 0 saturated carbocycles. The van der Waals surface area contributed by atoms with Crippen LogP contribution in [-0.2, 0) is 9.63 Å². The molecular weight excluding hydrogens is 182 g/mol. The Balaban J connectivity index is 4.05. The van der Waals surface area contributed by atoms with Crippen LogP contribution in [0.5, 0.6) is 0 Å². The number of rotatable bonds is 4. The van der Waals surface area contributed by atoms with E-state index >= 15 is 0 Å². The van der Waals surface area contributed by atoms with Gasteiger partial charge in [0.25, 0.3) is 0 Å². The number of nitrogens with zero attached hydrogens (tertiary/aromatic N) is 1. The molecular formula is C6H13NO4S. The van der Waals surface area contributed by atoms with Gasteiger partial charge in [-0.2, -0.15) is 12.6 Å². The van der Waals surface area contributed by atoms with Crippen molar-refractivity contribution in [2.45, 2.75) is 26.3 Å². The van der Waals surface area contributed by atoms with Crippen LogP contribution >= 0.6 is 12.6 Å². The van der Waals surface area contributed by atoms with E-state index in [1.165, 1.54) is 13.8 Å². The molecule has 2 N–H and O–H groups in total. The van der Waals surface area contributed by atoms with Crippen molar-refractivity contribution in [2.75, 3.05) is 5.75 Å². The van der Waals surface area contributed by atoms with Crippen LogP contribution in [0.4, 0.5) is 0 Å². The Morgan fingerprint density at radius 2 is 1.92 bits per heavy atom. The van der Waals surface area contributed by atoms with Gasteiger partial charge >= 0.3 is 5.97 Å². The maximum absolute atomic E-state index is 10.7. The van der Waals surface area contributed by atoms with Gasteiger partial charge in [-0.25, -0.2) is 4.79 Å². The van der Waals surface area contributed by atoms with Crippen LogP contribution in [0.2, 0.25) is 0 Å². The van der Waals surface area contributed by atoms with Gasteiger partial charge in [0.15, 0.2) is 0 Å². The summed E-state index contributed by atoms with van der Waals surface area (Å²) in [5, 5.41) is 18.8. The van der Waals surface area contributed by atoms with E-state index in [0.717, 1.165) is 5.06 Å². The zero-order valence-electron chi connectivity index (χ0n) is 6.97. The van der Waals surface area contributed by atoms with Gasteiger partial charge in [-0.15, -0.1) is 0 Å². The third-order valence-electron chi connectivity index (χ3n) is 1.07. The predicted octanol–water partition coefficient (Wildman–Crippen LogP) is -0.647. The van der Waals surface area contributed by atoms with E-state index in [1.54, 1.807) is 0 Å². The topological polar surface area (TPSA) is 70.0 Å². The molecule has 0 aliphatic carbocycles. The van der Waals surface area contributed by atoms with Gasteiger partial charge in [0.1, 0.15) is 12.5 Å². The van der Waals surface area contributed by atoms with E-state index in [9.17, 15) is 4.79 Å². The molecule has 6 heteroatoms. The van der Waals surface area contributed by atoms with Crippen LogP contribution in [0.15, 0.2) is 0 Å². The van der Waals surface area contributed by atoms with Crippen molar-refractivity contribution in [3.63, 3.8) is 0 Å². The van der Waals surface area contributed by atoms with Crippen molar-refractivity contribution < 1.29 is 19.8 Å². The minimum Gasteiger partial charge on any atom is -0.375 e. The number of hydroxylamine groups is 2. The van der Waals surface area contributed by atoms with Crippen molar-refractivity contribution >= 4 is 18.6 Å². The molecule has 0 aliphatic heterocycles. The van der Waals surface area contributed by atoms with E-state index < -0.39 is 18.4 Å². The summed E-state index contributed by atoms with van der Waals surface area (Å²) in [6.07, 6.45) is -2.09. The average molecular weight is 195 g/mol. The molecule has 12 heavy (non-hydrogen) atoms. The second-order valence-electron chi connectivity index (χ2n) is 2.25. The third-order valence-corrected chi connectivity index (χ3v) is 1.33. The monoisotopic (exact) mass is 195 g/mol. The van der Waals surface area contributed by atoms with Crippen LogP contribution in [-0.4, -0.2) is 39.5 Å². The van der Waals surface area contributed by atoms with Crippen molar-refractivity contribution in [1.82, 2.24) is 5.06 Å². The number of aliphatic hydroxyl groups excluding tert-OH is 2. The quantitative estimate of drug-likeness (QED) is 0.316. The van der Waals surface area contributed by atoms with Crippen molar-refractivity contribution in [3.05, 3.63) is 0 Å². The maximum atomic E-state index is 10.7. The Morgan fingerprint density at radius 3 is 2.17 bits per heavy atom. The minimum atomic E-state index is -1.05. The van der Waals surface area contributed by atoms with Crippen LogP contribution < -0.4 is 0 Å². The predicted molar refractivity (Wildman–Crippen MR) is 45.1 cm³/mol. The van der Waals surface area contributed by atoms with E-state index in [1.807, 2.05) is 0 Å². The lowest BCUT2D eigenvalue weighted by atomic mass is 10.5. The highest BCUT2D eigenvalue weighted by Crippen LogP contribution is 2.02. The standard InChI is InChI=1S/C6H13NO4S/c1-4(8)7(5(2)9)11-6(10)3-12/h4-5,8-9,12H,3H2,1-2H3. The van der Waals surface area contributed by atoms with Crippen molar-refractivity contribution in [3.8, 4) is 0 Å². The molecule has 0 saturated heterocycles. The lowest BCUT2D eigenvalue weighted by Gasteiger charge is -2.25. The van der Waals surface area contributed by atoms with Gasteiger partial charge in [0, 0.05) is 0 Å². The van der Waals surface area contributed by atoms with E-state index in [2.05, 4.69) is 17.5 Å². The summed E-state index contributed by atoms with van der Waals surface area (Å²) >= 11 is 3.66. The first-order valence-corrected chi connectivity index (χ1v) is 4.08. The van der Waals surface area contributed by atoms with Crippen LogP contribution in [0.25, 0.3) is 0 Å². The van der Waals surface area contributed by atoms with Gasteiger partial charge in [0.2, 0.25) is 0 Å². The largest absolute Gasteiger partial charge is 0.375 e. The first-order chi connectivity index (χ1) is 5.49. The zero-order chi connectivity index (χ0) is 9.72.